The topological polar surface area (TPSA) is 37.4 Å². The standard InChI is InChI=1S/C13H15NO2S2/c1-11-8-9-17-13(11)10-14(2)18(15,16)12-6-4-3-5-7-12/h3-9H,10H2,1-2H3. The van der Waals surface area contributed by atoms with Gasteiger partial charge >= 0.3 is 0 Å². The summed E-state index contributed by atoms with van der Waals surface area (Å²) in [5, 5.41) is 1.98. The molecule has 1 aromatic carbocycles. The first kappa shape index (κ1) is 13.3. The Morgan fingerprint density at radius 1 is 1.17 bits per heavy atom. The Morgan fingerprint density at radius 3 is 2.39 bits per heavy atom. The highest BCUT2D eigenvalue weighted by Gasteiger charge is 2.21. The van der Waals surface area contributed by atoms with E-state index in [9.17, 15) is 8.42 Å². The summed E-state index contributed by atoms with van der Waals surface area (Å²) in [6.07, 6.45) is 0. The zero-order chi connectivity index (χ0) is 13.2. The number of hydrogen-bond acceptors (Lipinski definition) is 3. The third kappa shape index (κ3) is 2.63. The molecule has 0 aliphatic heterocycles. The minimum absolute atomic E-state index is 0.335. The van der Waals surface area contributed by atoms with E-state index in [2.05, 4.69) is 0 Å². The summed E-state index contributed by atoms with van der Waals surface area (Å²) in [7, 11) is -1.78. The van der Waals surface area contributed by atoms with Gasteiger partial charge in [0.2, 0.25) is 10.0 Å². The molecule has 0 radical (unpaired) electrons. The lowest BCUT2D eigenvalue weighted by Crippen LogP contribution is -2.26. The molecule has 18 heavy (non-hydrogen) atoms. The molecule has 1 aromatic heterocycles. The van der Waals surface area contributed by atoms with Gasteiger partial charge < -0.3 is 0 Å². The number of hydrogen-bond donors (Lipinski definition) is 0. The molecule has 0 aliphatic rings. The van der Waals surface area contributed by atoms with E-state index in [0.29, 0.717) is 11.4 Å². The van der Waals surface area contributed by atoms with Gasteiger partial charge in [-0.2, -0.15) is 4.31 Å². The number of nitrogens with zero attached hydrogens (tertiary/aromatic N) is 1. The molecule has 0 saturated heterocycles. The smallest absolute Gasteiger partial charge is 0.207 e. The van der Waals surface area contributed by atoms with Crippen LogP contribution in [-0.4, -0.2) is 19.8 Å². The van der Waals surface area contributed by atoms with Gasteiger partial charge in [-0.3, -0.25) is 0 Å². The third-order valence-corrected chi connectivity index (χ3v) is 5.61. The molecule has 0 unspecified atom stereocenters. The van der Waals surface area contributed by atoms with Gasteiger partial charge in [0.05, 0.1) is 4.90 Å². The molecule has 0 aliphatic carbocycles. The molecule has 5 heteroatoms. The monoisotopic (exact) mass is 281 g/mol. The van der Waals surface area contributed by atoms with Crippen LogP contribution in [0.3, 0.4) is 0 Å². The molecule has 1 heterocycles. The van der Waals surface area contributed by atoms with Crippen LogP contribution in [0, 0.1) is 6.92 Å². The Kier molecular flexibility index (Phi) is 3.85. The van der Waals surface area contributed by atoms with E-state index in [1.165, 1.54) is 4.31 Å². The molecule has 0 fully saturated rings. The predicted molar refractivity (Wildman–Crippen MR) is 74.2 cm³/mol. The minimum atomic E-state index is -3.39. The van der Waals surface area contributed by atoms with Crippen molar-refractivity contribution in [2.24, 2.45) is 0 Å². The second-order valence-electron chi connectivity index (χ2n) is 4.10. The van der Waals surface area contributed by atoms with E-state index in [1.807, 2.05) is 24.4 Å². The van der Waals surface area contributed by atoms with Crippen LogP contribution in [0.2, 0.25) is 0 Å². The van der Waals surface area contributed by atoms with Gasteiger partial charge in [0.15, 0.2) is 0 Å². The van der Waals surface area contributed by atoms with Crippen molar-refractivity contribution in [3.8, 4) is 0 Å². The summed E-state index contributed by atoms with van der Waals surface area (Å²) in [6.45, 7) is 2.41. The van der Waals surface area contributed by atoms with E-state index in [1.54, 1.807) is 42.6 Å². The molecule has 0 saturated carbocycles. The molecular weight excluding hydrogens is 266 g/mol. The van der Waals surface area contributed by atoms with Gasteiger partial charge in [-0.05, 0) is 36.1 Å². The highest BCUT2D eigenvalue weighted by molar-refractivity contribution is 7.89. The lowest BCUT2D eigenvalue weighted by Gasteiger charge is -2.16. The second kappa shape index (κ2) is 5.22. The van der Waals surface area contributed by atoms with Crippen LogP contribution in [0.25, 0.3) is 0 Å². The number of aryl methyl sites for hydroxylation is 1. The van der Waals surface area contributed by atoms with Gasteiger partial charge in [0.25, 0.3) is 0 Å². The number of thiophene rings is 1. The first-order chi connectivity index (χ1) is 8.51. The van der Waals surface area contributed by atoms with Crippen molar-refractivity contribution >= 4 is 21.4 Å². The van der Waals surface area contributed by atoms with Gasteiger partial charge in [-0.1, -0.05) is 18.2 Å². The maximum absolute atomic E-state index is 12.3. The number of benzene rings is 1. The number of rotatable bonds is 4. The van der Waals surface area contributed by atoms with E-state index >= 15 is 0 Å². The van der Waals surface area contributed by atoms with Crippen molar-refractivity contribution < 1.29 is 8.42 Å². The van der Waals surface area contributed by atoms with Crippen molar-refractivity contribution in [1.29, 1.82) is 0 Å². The highest BCUT2D eigenvalue weighted by Crippen LogP contribution is 2.21. The Labute approximate surface area is 112 Å². The maximum atomic E-state index is 12.3. The Morgan fingerprint density at radius 2 is 1.83 bits per heavy atom. The van der Waals surface area contributed by atoms with Crippen LogP contribution in [0.5, 0.6) is 0 Å². The fourth-order valence-electron chi connectivity index (χ4n) is 1.63. The molecule has 0 spiro atoms. The minimum Gasteiger partial charge on any atom is -0.207 e. The quantitative estimate of drug-likeness (QED) is 0.864. The fraction of sp³-hybridized carbons (Fsp3) is 0.231. The summed E-state index contributed by atoms with van der Waals surface area (Å²) in [5.74, 6) is 0. The van der Waals surface area contributed by atoms with Crippen molar-refractivity contribution in [3.05, 3.63) is 52.2 Å². The van der Waals surface area contributed by atoms with Crippen LogP contribution >= 0.6 is 11.3 Å². The van der Waals surface area contributed by atoms with Gasteiger partial charge in [0.1, 0.15) is 0 Å². The highest BCUT2D eigenvalue weighted by atomic mass is 32.2. The first-order valence-electron chi connectivity index (χ1n) is 5.56. The molecule has 0 atom stereocenters. The third-order valence-electron chi connectivity index (χ3n) is 2.79. The second-order valence-corrected chi connectivity index (χ2v) is 7.15. The van der Waals surface area contributed by atoms with Crippen molar-refractivity contribution in [1.82, 2.24) is 4.31 Å². The van der Waals surface area contributed by atoms with Crippen molar-refractivity contribution in [2.75, 3.05) is 7.05 Å². The van der Waals surface area contributed by atoms with E-state index in [4.69, 9.17) is 0 Å². The SMILES string of the molecule is Cc1ccsc1CN(C)S(=O)(=O)c1ccccc1. The summed E-state index contributed by atoms with van der Waals surface area (Å²) in [5.41, 5.74) is 1.13. The summed E-state index contributed by atoms with van der Waals surface area (Å²) in [6, 6.07) is 10.5. The zero-order valence-corrected chi connectivity index (χ0v) is 12.0. The van der Waals surface area contributed by atoms with Crippen LogP contribution in [0.1, 0.15) is 10.4 Å². The molecule has 0 bridgehead atoms. The fourth-order valence-corrected chi connectivity index (χ4v) is 3.83. The van der Waals surface area contributed by atoms with Crippen LogP contribution in [-0.2, 0) is 16.6 Å². The normalized spacial score (nSPS) is 11.9. The largest absolute Gasteiger partial charge is 0.243 e. The van der Waals surface area contributed by atoms with Gasteiger partial charge in [0, 0.05) is 18.5 Å². The summed E-state index contributed by atoms with van der Waals surface area (Å²) in [4.78, 5) is 1.42. The van der Waals surface area contributed by atoms with Crippen LogP contribution in [0.4, 0.5) is 0 Å². The maximum Gasteiger partial charge on any atom is 0.243 e. The van der Waals surface area contributed by atoms with E-state index in [-0.39, 0.29) is 0 Å². The van der Waals surface area contributed by atoms with Crippen molar-refractivity contribution in [2.45, 2.75) is 18.4 Å². The predicted octanol–water partition coefficient (Wildman–Crippen LogP) is 2.88. The van der Waals surface area contributed by atoms with Gasteiger partial charge in [-0.15, -0.1) is 11.3 Å². The molecule has 96 valence electrons. The average molecular weight is 281 g/mol. The van der Waals surface area contributed by atoms with Crippen LogP contribution < -0.4 is 0 Å². The molecule has 2 aromatic rings. The van der Waals surface area contributed by atoms with E-state index in [0.717, 1.165) is 10.4 Å². The number of sulfonamides is 1. The first-order valence-corrected chi connectivity index (χ1v) is 7.88. The summed E-state index contributed by atoms with van der Waals surface area (Å²) >= 11 is 1.58. The molecule has 0 N–H and O–H groups in total. The van der Waals surface area contributed by atoms with Crippen LogP contribution in [0.15, 0.2) is 46.7 Å². The molecule has 2 rings (SSSR count). The Hall–Kier alpha value is -1.17. The average Bonchev–Trinajstić information content (AvgIpc) is 2.76. The molecular formula is C13H15NO2S2. The molecule has 0 amide bonds. The zero-order valence-electron chi connectivity index (χ0n) is 10.3. The Bertz CT molecular complexity index is 617. The summed E-state index contributed by atoms with van der Waals surface area (Å²) < 4.78 is 26.0. The molecule has 3 nitrogen and oxygen atoms in total. The van der Waals surface area contributed by atoms with Gasteiger partial charge in [-0.25, -0.2) is 8.42 Å². The lowest BCUT2D eigenvalue weighted by molar-refractivity contribution is 0.469. The lowest BCUT2D eigenvalue weighted by atomic mass is 10.3. The Balaban J connectivity index is 2.24. The van der Waals surface area contributed by atoms with E-state index < -0.39 is 10.0 Å². The van der Waals surface area contributed by atoms with Crippen molar-refractivity contribution in [3.63, 3.8) is 0 Å².